The molecule has 2 aromatic carbocycles. The van der Waals surface area contributed by atoms with Crippen LogP contribution in [0.25, 0.3) is 0 Å². The lowest BCUT2D eigenvalue weighted by Gasteiger charge is -2.14. The van der Waals surface area contributed by atoms with Crippen LogP contribution in [0.5, 0.6) is 0 Å². The molecule has 0 heterocycles. The van der Waals surface area contributed by atoms with E-state index in [2.05, 4.69) is 15.9 Å². The summed E-state index contributed by atoms with van der Waals surface area (Å²) in [5.41, 5.74) is 6.66. The van der Waals surface area contributed by atoms with E-state index in [1.54, 1.807) is 12.1 Å². The van der Waals surface area contributed by atoms with Gasteiger partial charge >= 0.3 is 0 Å². The van der Waals surface area contributed by atoms with Crippen molar-refractivity contribution in [2.75, 3.05) is 0 Å². The van der Waals surface area contributed by atoms with Crippen molar-refractivity contribution >= 4 is 27.5 Å². The van der Waals surface area contributed by atoms with Gasteiger partial charge in [0.1, 0.15) is 11.6 Å². The predicted molar refractivity (Wildman–Crippen MR) is 76.1 cm³/mol. The first-order chi connectivity index (χ1) is 8.97. The predicted octanol–water partition coefficient (Wildman–Crippen LogP) is 4.62. The second-order valence-electron chi connectivity index (χ2n) is 4.21. The number of halogens is 4. The third-order valence-corrected chi connectivity index (χ3v) is 3.53. The molecular formula is C14H11BrClF2N. The van der Waals surface area contributed by atoms with Gasteiger partial charge in [0.05, 0.1) is 0 Å². The molecule has 0 saturated heterocycles. The number of hydrogen-bond acceptors (Lipinski definition) is 1. The molecule has 0 aromatic heterocycles. The van der Waals surface area contributed by atoms with Gasteiger partial charge in [-0.1, -0.05) is 27.5 Å². The minimum atomic E-state index is -0.634. The maximum absolute atomic E-state index is 13.7. The topological polar surface area (TPSA) is 26.0 Å². The van der Waals surface area contributed by atoms with Gasteiger partial charge < -0.3 is 5.73 Å². The molecule has 0 saturated carbocycles. The summed E-state index contributed by atoms with van der Waals surface area (Å²) in [5.74, 6) is -0.798. The van der Waals surface area contributed by atoms with Gasteiger partial charge in [-0.25, -0.2) is 8.78 Å². The van der Waals surface area contributed by atoms with Gasteiger partial charge in [0, 0.05) is 21.1 Å². The van der Waals surface area contributed by atoms with Gasteiger partial charge in [-0.2, -0.15) is 0 Å². The average Bonchev–Trinajstić information content (AvgIpc) is 2.36. The molecule has 0 spiro atoms. The van der Waals surface area contributed by atoms with E-state index >= 15 is 0 Å². The van der Waals surface area contributed by atoms with E-state index in [9.17, 15) is 8.78 Å². The zero-order valence-electron chi connectivity index (χ0n) is 9.84. The molecule has 0 aliphatic rings. The van der Waals surface area contributed by atoms with Gasteiger partial charge in [0.2, 0.25) is 0 Å². The molecule has 0 aliphatic carbocycles. The second-order valence-corrected chi connectivity index (χ2v) is 5.56. The number of hydrogen-bond donors (Lipinski definition) is 1. The molecule has 19 heavy (non-hydrogen) atoms. The largest absolute Gasteiger partial charge is 0.324 e. The van der Waals surface area contributed by atoms with E-state index in [0.29, 0.717) is 16.1 Å². The Morgan fingerprint density at radius 3 is 2.53 bits per heavy atom. The Labute approximate surface area is 123 Å². The van der Waals surface area contributed by atoms with Gasteiger partial charge in [-0.15, -0.1) is 0 Å². The van der Waals surface area contributed by atoms with Crippen molar-refractivity contribution in [3.63, 3.8) is 0 Å². The Balaban J connectivity index is 2.27. The Bertz CT molecular complexity index is 604. The van der Waals surface area contributed by atoms with Crippen molar-refractivity contribution in [3.05, 3.63) is 68.7 Å². The fourth-order valence-electron chi connectivity index (χ4n) is 1.85. The lowest BCUT2D eigenvalue weighted by molar-refractivity contribution is 0.563. The smallest absolute Gasteiger partial charge is 0.128 e. The van der Waals surface area contributed by atoms with Crippen molar-refractivity contribution < 1.29 is 8.78 Å². The fraction of sp³-hybridized carbons (Fsp3) is 0.143. The number of rotatable bonds is 3. The summed E-state index contributed by atoms with van der Waals surface area (Å²) in [6.45, 7) is 0. The Morgan fingerprint density at radius 1 is 1.11 bits per heavy atom. The molecule has 0 aliphatic heterocycles. The van der Waals surface area contributed by atoms with Crippen molar-refractivity contribution in [2.24, 2.45) is 5.73 Å². The third kappa shape index (κ3) is 3.53. The Hall–Kier alpha value is -0.970. The van der Waals surface area contributed by atoms with E-state index < -0.39 is 17.7 Å². The molecule has 2 rings (SSSR count). The minimum Gasteiger partial charge on any atom is -0.324 e. The molecule has 0 fully saturated rings. The zero-order valence-corrected chi connectivity index (χ0v) is 12.2. The molecule has 1 atom stereocenters. The molecule has 1 nitrogen and oxygen atoms in total. The summed E-state index contributed by atoms with van der Waals surface area (Å²) in [6.07, 6.45) is 0.180. The zero-order chi connectivity index (χ0) is 14.0. The van der Waals surface area contributed by atoms with Crippen molar-refractivity contribution in [2.45, 2.75) is 12.5 Å². The summed E-state index contributed by atoms with van der Waals surface area (Å²) in [7, 11) is 0. The van der Waals surface area contributed by atoms with E-state index in [1.165, 1.54) is 24.3 Å². The maximum Gasteiger partial charge on any atom is 0.128 e. The van der Waals surface area contributed by atoms with Gasteiger partial charge in [-0.3, -0.25) is 0 Å². The van der Waals surface area contributed by atoms with E-state index in [1.807, 2.05) is 0 Å². The lowest BCUT2D eigenvalue weighted by atomic mass is 9.99. The first-order valence-electron chi connectivity index (χ1n) is 5.62. The monoisotopic (exact) mass is 345 g/mol. The molecular weight excluding hydrogens is 336 g/mol. The second kappa shape index (κ2) is 5.99. The van der Waals surface area contributed by atoms with Crippen LogP contribution >= 0.6 is 27.5 Å². The maximum atomic E-state index is 13.7. The molecule has 1 unspecified atom stereocenters. The number of nitrogens with two attached hydrogens (primary N) is 1. The summed E-state index contributed by atoms with van der Waals surface area (Å²) >= 11 is 9.07. The highest BCUT2D eigenvalue weighted by molar-refractivity contribution is 9.10. The van der Waals surface area contributed by atoms with Crippen molar-refractivity contribution in [1.82, 2.24) is 0 Å². The van der Waals surface area contributed by atoms with Crippen LogP contribution < -0.4 is 5.73 Å². The lowest BCUT2D eigenvalue weighted by Crippen LogP contribution is -2.15. The quantitative estimate of drug-likeness (QED) is 0.862. The standard InChI is InChI=1S/C14H11BrClF2N/c15-9-1-3-13(18)11(7-9)14(19)6-8-5-10(16)2-4-12(8)17/h1-5,7,14H,6,19H2. The fourth-order valence-corrected chi connectivity index (χ4v) is 2.42. The normalized spacial score (nSPS) is 12.5. The van der Waals surface area contributed by atoms with Crippen LogP contribution in [-0.4, -0.2) is 0 Å². The van der Waals surface area contributed by atoms with Crippen LogP contribution in [0, 0.1) is 11.6 Å². The van der Waals surface area contributed by atoms with Crippen LogP contribution in [0.3, 0.4) is 0 Å². The highest BCUT2D eigenvalue weighted by Crippen LogP contribution is 2.25. The summed E-state index contributed by atoms with van der Waals surface area (Å²) in [5, 5.41) is 0.429. The average molecular weight is 347 g/mol. The van der Waals surface area contributed by atoms with Crippen molar-refractivity contribution in [3.8, 4) is 0 Å². The molecule has 0 amide bonds. The van der Waals surface area contributed by atoms with Crippen LogP contribution in [0.2, 0.25) is 5.02 Å². The SMILES string of the molecule is NC(Cc1cc(Cl)ccc1F)c1cc(Br)ccc1F. The van der Waals surface area contributed by atoms with Crippen LogP contribution in [0.15, 0.2) is 40.9 Å². The first-order valence-corrected chi connectivity index (χ1v) is 6.79. The third-order valence-electron chi connectivity index (χ3n) is 2.81. The van der Waals surface area contributed by atoms with E-state index in [-0.39, 0.29) is 6.42 Å². The summed E-state index contributed by atoms with van der Waals surface area (Å²) in [6, 6.07) is 8.13. The Kier molecular flexibility index (Phi) is 4.55. The van der Waals surface area contributed by atoms with E-state index in [0.717, 1.165) is 4.47 Å². The Morgan fingerprint density at radius 2 is 1.79 bits per heavy atom. The van der Waals surface area contributed by atoms with Crippen LogP contribution in [0.1, 0.15) is 17.2 Å². The first kappa shape index (κ1) is 14.4. The highest BCUT2D eigenvalue weighted by atomic mass is 79.9. The molecule has 2 aromatic rings. The van der Waals surface area contributed by atoms with Gasteiger partial charge in [0.25, 0.3) is 0 Å². The van der Waals surface area contributed by atoms with Gasteiger partial charge in [0.15, 0.2) is 0 Å². The van der Waals surface area contributed by atoms with E-state index in [4.69, 9.17) is 17.3 Å². The summed E-state index contributed by atoms with van der Waals surface area (Å²) in [4.78, 5) is 0. The molecule has 0 bridgehead atoms. The number of benzene rings is 2. The van der Waals surface area contributed by atoms with Crippen molar-refractivity contribution in [1.29, 1.82) is 0 Å². The van der Waals surface area contributed by atoms with Gasteiger partial charge in [-0.05, 0) is 48.4 Å². The van der Waals surface area contributed by atoms with Crippen LogP contribution in [-0.2, 0) is 6.42 Å². The minimum absolute atomic E-state index is 0.180. The molecule has 2 N–H and O–H groups in total. The molecule has 0 radical (unpaired) electrons. The highest BCUT2D eigenvalue weighted by Gasteiger charge is 2.15. The molecule has 5 heteroatoms. The van der Waals surface area contributed by atoms with Crippen LogP contribution in [0.4, 0.5) is 8.78 Å². The summed E-state index contributed by atoms with van der Waals surface area (Å²) < 4.78 is 28.0. The molecule has 100 valence electrons.